The van der Waals surface area contributed by atoms with Crippen molar-refractivity contribution in [3.8, 4) is 5.75 Å². The van der Waals surface area contributed by atoms with Crippen LogP contribution in [-0.4, -0.2) is 32.1 Å². The van der Waals surface area contributed by atoms with Crippen LogP contribution < -0.4 is 9.46 Å². The molecule has 0 amide bonds. The lowest BCUT2D eigenvalue weighted by atomic mass is 10.2. The second kappa shape index (κ2) is 5.80. The van der Waals surface area contributed by atoms with Crippen molar-refractivity contribution in [1.29, 1.82) is 0 Å². The Morgan fingerprint density at radius 1 is 1.50 bits per heavy atom. The molecule has 0 saturated carbocycles. The molecule has 1 aromatic carbocycles. The van der Waals surface area contributed by atoms with Crippen molar-refractivity contribution in [3.63, 3.8) is 0 Å². The van der Waals surface area contributed by atoms with E-state index in [2.05, 4.69) is 4.72 Å². The highest BCUT2D eigenvalue weighted by Gasteiger charge is 2.29. The molecule has 1 heterocycles. The molecule has 110 valence electrons. The number of carboxylic acids is 1. The highest BCUT2D eigenvalue weighted by Crippen LogP contribution is 2.32. The van der Waals surface area contributed by atoms with Gasteiger partial charge in [-0.05, 0) is 18.1 Å². The van der Waals surface area contributed by atoms with Crippen LogP contribution in [0.3, 0.4) is 0 Å². The third-order valence-electron chi connectivity index (χ3n) is 3.14. The van der Waals surface area contributed by atoms with Gasteiger partial charge in [0.1, 0.15) is 16.7 Å². The normalized spacial score (nSPS) is 15.4. The van der Waals surface area contributed by atoms with Gasteiger partial charge in [0.2, 0.25) is 10.0 Å². The zero-order valence-electron chi connectivity index (χ0n) is 11.1. The van der Waals surface area contributed by atoms with E-state index in [0.29, 0.717) is 25.2 Å². The quantitative estimate of drug-likeness (QED) is 0.822. The summed E-state index contributed by atoms with van der Waals surface area (Å²) >= 11 is 0. The number of ether oxygens (including phenoxy) is 1. The van der Waals surface area contributed by atoms with Crippen LogP contribution in [0.1, 0.15) is 25.3 Å². The van der Waals surface area contributed by atoms with E-state index in [-0.39, 0.29) is 11.3 Å². The van der Waals surface area contributed by atoms with Crippen molar-refractivity contribution in [2.75, 3.05) is 6.61 Å². The van der Waals surface area contributed by atoms with Gasteiger partial charge in [0, 0.05) is 6.42 Å². The Hall–Kier alpha value is -1.60. The lowest BCUT2D eigenvalue weighted by Crippen LogP contribution is -2.40. The molecule has 6 nitrogen and oxygen atoms in total. The molecule has 0 aliphatic carbocycles. The number of hydrogen-bond donors (Lipinski definition) is 2. The number of nitrogens with one attached hydrogen (secondary N) is 1. The van der Waals surface area contributed by atoms with E-state index in [0.717, 1.165) is 5.56 Å². The van der Waals surface area contributed by atoms with E-state index in [9.17, 15) is 13.2 Å². The summed E-state index contributed by atoms with van der Waals surface area (Å²) in [5.41, 5.74) is 0.829. The van der Waals surface area contributed by atoms with Crippen molar-refractivity contribution in [3.05, 3.63) is 23.8 Å². The number of sulfonamides is 1. The second-order valence-electron chi connectivity index (χ2n) is 4.64. The van der Waals surface area contributed by atoms with Gasteiger partial charge < -0.3 is 9.84 Å². The van der Waals surface area contributed by atoms with Crippen molar-refractivity contribution < 1.29 is 23.1 Å². The molecular formula is C13H17NO5S. The van der Waals surface area contributed by atoms with Crippen LogP contribution in [-0.2, 0) is 21.2 Å². The summed E-state index contributed by atoms with van der Waals surface area (Å²) in [5.74, 6) is -0.843. The molecule has 1 atom stereocenters. The number of hydrogen-bond acceptors (Lipinski definition) is 4. The fourth-order valence-electron chi connectivity index (χ4n) is 2.17. The summed E-state index contributed by atoms with van der Waals surface area (Å²) in [6, 6.07) is 3.75. The fourth-order valence-corrected chi connectivity index (χ4v) is 3.58. The number of para-hydroxylation sites is 1. The molecule has 0 fully saturated rings. The maximum absolute atomic E-state index is 12.3. The standard InChI is InChI=1S/C13H17NO5S/c1-2-4-10(13(15)16)14-20(17,18)11-6-3-5-9-7-8-19-12(9)11/h3,5-6,10,14H,2,4,7-8H2,1H3,(H,15,16). The molecule has 0 bridgehead atoms. The van der Waals surface area contributed by atoms with Crippen LogP contribution in [0.15, 0.2) is 23.1 Å². The first-order valence-corrected chi connectivity index (χ1v) is 7.94. The van der Waals surface area contributed by atoms with Crippen molar-refractivity contribution in [1.82, 2.24) is 4.72 Å². The molecule has 0 spiro atoms. The van der Waals surface area contributed by atoms with Crippen LogP contribution in [0.5, 0.6) is 5.75 Å². The van der Waals surface area contributed by atoms with Gasteiger partial charge in [0.05, 0.1) is 6.61 Å². The third kappa shape index (κ3) is 2.94. The molecule has 0 radical (unpaired) electrons. The molecule has 20 heavy (non-hydrogen) atoms. The molecule has 0 saturated heterocycles. The van der Waals surface area contributed by atoms with Gasteiger partial charge in [-0.15, -0.1) is 0 Å². The highest BCUT2D eigenvalue weighted by atomic mass is 32.2. The van der Waals surface area contributed by atoms with Gasteiger partial charge in [0.25, 0.3) is 0 Å². The molecule has 1 unspecified atom stereocenters. The van der Waals surface area contributed by atoms with E-state index >= 15 is 0 Å². The fraction of sp³-hybridized carbons (Fsp3) is 0.462. The minimum atomic E-state index is -3.91. The van der Waals surface area contributed by atoms with Crippen LogP contribution >= 0.6 is 0 Å². The number of carbonyl (C=O) groups is 1. The smallest absolute Gasteiger partial charge is 0.321 e. The zero-order valence-corrected chi connectivity index (χ0v) is 11.9. The highest BCUT2D eigenvalue weighted by molar-refractivity contribution is 7.89. The van der Waals surface area contributed by atoms with Gasteiger partial charge in [0.15, 0.2) is 0 Å². The topological polar surface area (TPSA) is 92.7 Å². The first-order valence-electron chi connectivity index (χ1n) is 6.45. The Morgan fingerprint density at radius 2 is 2.25 bits per heavy atom. The molecule has 0 aromatic heterocycles. The number of rotatable bonds is 6. The monoisotopic (exact) mass is 299 g/mol. The number of fused-ring (bicyclic) bond motifs is 1. The Morgan fingerprint density at radius 3 is 2.90 bits per heavy atom. The van der Waals surface area contributed by atoms with Gasteiger partial charge in [-0.25, -0.2) is 8.42 Å². The number of carboxylic acid groups (broad SMARTS) is 1. The van der Waals surface area contributed by atoms with Crippen LogP contribution in [0.2, 0.25) is 0 Å². The first-order chi connectivity index (χ1) is 9.45. The number of benzene rings is 1. The summed E-state index contributed by atoms with van der Waals surface area (Å²) in [7, 11) is -3.91. The molecule has 2 N–H and O–H groups in total. The lowest BCUT2D eigenvalue weighted by molar-refractivity contribution is -0.139. The average Bonchev–Trinajstić information content (AvgIpc) is 2.85. The molecule has 2 rings (SSSR count). The summed E-state index contributed by atoms with van der Waals surface area (Å²) in [4.78, 5) is 11.1. The van der Waals surface area contributed by atoms with Gasteiger partial charge in [-0.1, -0.05) is 25.5 Å². The summed E-state index contributed by atoms with van der Waals surface area (Å²) in [6.07, 6.45) is 1.48. The van der Waals surface area contributed by atoms with E-state index in [4.69, 9.17) is 9.84 Å². The minimum absolute atomic E-state index is 0.00912. The SMILES string of the molecule is CCCC(NS(=O)(=O)c1cccc2c1OCC2)C(=O)O. The van der Waals surface area contributed by atoms with Gasteiger partial charge >= 0.3 is 5.97 Å². The minimum Gasteiger partial charge on any atom is -0.492 e. The molecule has 7 heteroatoms. The predicted molar refractivity (Wildman–Crippen MR) is 72.3 cm³/mol. The van der Waals surface area contributed by atoms with Gasteiger partial charge in [-0.2, -0.15) is 4.72 Å². The van der Waals surface area contributed by atoms with Crippen molar-refractivity contribution in [2.24, 2.45) is 0 Å². The van der Waals surface area contributed by atoms with E-state index in [1.54, 1.807) is 13.0 Å². The lowest BCUT2D eigenvalue weighted by Gasteiger charge is -2.15. The van der Waals surface area contributed by atoms with Gasteiger partial charge in [-0.3, -0.25) is 4.79 Å². The third-order valence-corrected chi connectivity index (χ3v) is 4.64. The Kier molecular flexibility index (Phi) is 4.29. The largest absolute Gasteiger partial charge is 0.492 e. The summed E-state index contributed by atoms with van der Waals surface area (Å²) < 4.78 is 32.2. The summed E-state index contributed by atoms with van der Waals surface area (Å²) in [6.45, 7) is 2.24. The van der Waals surface area contributed by atoms with E-state index < -0.39 is 22.0 Å². The average molecular weight is 299 g/mol. The predicted octanol–water partition coefficient (Wildman–Crippen LogP) is 1.15. The second-order valence-corrected chi connectivity index (χ2v) is 6.33. The Bertz CT molecular complexity index is 611. The Labute approximate surface area is 117 Å². The van der Waals surface area contributed by atoms with Crippen molar-refractivity contribution >= 4 is 16.0 Å². The summed E-state index contributed by atoms with van der Waals surface area (Å²) in [5, 5.41) is 9.05. The maximum atomic E-state index is 12.3. The Balaban J connectivity index is 2.31. The molecular weight excluding hydrogens is 282 g/mol. The van der Waals surface area contributed by atoms with Crippen LogP contribution in [0.4, 0.5) is 0 Å². The maximum Gasteiger partial charge on any atom is 0.321 e. The van der Waals surface area contributed by atoms with E-state index in [1.165, 1.54) is 6.07 Å². The van der Waals surface area contributed by atoms with Crippen LogP contribution in [0, 0.1) is 0 Å². The van der Waals surface area contributed by atoms with E-state index in [1.807, 2.05) is 6.07 Å². The molecule has 1 aliphatic rings. The zero-order chi connectivity index (χ0) is 14.8. The number of aliphatic carboxylic acids is 1. The van der Waals surface area contributed by atoms with Crippen molar-refractivity contribution in [2.45, 2.75) is 37.1 Å². The first kappa shape index (κ1) is 14.8. The molecule has 1 aromatic rings. The molecule has 1 aliphatic heterocycles. The van der Waals surface area contributed by atoms with Crippen LogP contribution in [0.25, 0.3) is 0 Å².